The van der Waals surface area contributed by atoms with Crippen LogP contribution < -0.4 is 5.32 Å². The van der Waals surface area contributed by atoms with Crippen LogP contribution in [0, 0.1) is 11.3 Å². The van der Waals surface area contributed by atoms with Crippen molar-refractivity contribution in [3.8, 4) is 6.07 Å². The van der Waals surface area contributed by atoms with E-state index in [1.54, 1.807) is 24.3 Å². The Bertz CT molecular complexity index is 620. The van der Waals surface area contributed by atoms with Gasteiger partial charge in [-0.25, -0.2) is 4.79 Å². The van der Waals surface area contributed by atoms with E-state index in [-0.39, 0.29) is 12.5 Å². The third-order valence-corrected chi connectivity index (χ3v) is 3.22. The van der Waals surface area contributed by atoms with Gasteiger partial charge >= 0.3 is 5.97 Å². The van der Waals surface area contributed by atoms with Gasteiger partial charge in [-0.2, -0.15) is 5.26 Å². The van der Waals surface area contributed by atoms with Crippen LogP contribution in [0.1, 0.15) is 19.8 Å². The first kappa shape index (κ1) is 14.8. The van der Waals surface area contributed by atoms with Crippen molar-refractivity contribution < 1.29 is 14.3 Å². The molecular weight excluding hydrogens is 268 g/mol. The van der Waals surface area contributed by atoms with E-state index < -0.39 is 11.5 Å². The van der Waals surface area contributed by atoms with Gasteiger partial charge in [0.15, 0.2) is 5.54 Å². The van der Waals surface area contributed by atoms with Crippen molar-refractivity contribution in [1.82, 2.24) is 5.32 Å². The maximum Gasteiger partial charge on any atom is 0.334 e. The number of rotatable bonds is 5. The normalized spacial score (nSPS) is 18.5. The lowest BCUT2D eigenvalue weighted by Gasteiger charge is -2.23. The molecule has 2 aliphatic rings. The Kier molecular flexibility index (Phi) is 4.39. The van der Waals surface area contributed by atoms with Crippen molar-refractivity contribution >= 4 is 11.9 Å². The largest absolute Gasteiger partial charge is 0.459 e. The quantitative estimate of drug-likeness (QED) is 0.779. The van der Waals surface area contributed by atoms with Crippen LogP contribution >= 0.6 is 0 Å². The van der Waals surface area contributed by atoms with E-state index in [0.717, 1.165) is 0 Å². The number of nitrogens with one attached hydrogen (secondary N) is 1. The predicted molar refractivity (Wildman–Crippen MR) is 76.8 cm³/mol. The van der Waals surface area contributed by atoms with Crippen LogP contribution in [0.3, 0.4) is 0 Å². The fourth-order valence-electron chi connectivity index (χ4n) is 1.94. The molecule has 1 N–H and O–H groups in total. The molecule has 5 heteroatoms. The molecule has 108 valence electrons. The predicted octanol–water partition coefficient (Wildman–Crippen LogP) is 1.70. The van der Waals surface area contributed by atoms with Crippen LogP contribution in [-0.2, 0) is 14.3 Å². The summed E-state index contributed by atoms with van der Waals surface area (Å²) in [6.07, 6.45) is 11.7. The first-order valence-electron chi connectivity index (χ1n) is 6.66. The summed E-state index contributed by atoms with van der Waals surface area (Å²) in [5.74, 6) is -0.778. The molecule has 5 nitrogen and oxygen atoms in total. The van der Waals surface area contributed by atoms with Gasteiger partial charge in [-0.05, 0) is 19.8 Å². The topological polar surface area (TPSA) is 79.2 Å². The summed E-state index contributed by atoms with van der Waals surface area (Å²) >= 11 is 0. The molecular formula is C16H16N2O3. The van der Waals surface area contributed by atoms with Gasteiger partial charge in [0.25, 0.3) is 0 Å². The minimum Gasteiger partial charge on any atom is -0.459 e. The van der Waals surface area contributed by atoms with Gasteiger partial charge in [-0.1, -0.05) is 36.5 Å². The van der Waals surface area contributed by atoms with Crippen LogP contribution in [0.15, 0.2) is 47.6 Å². The lowest BCUT2D eigenvalue weighted by molar-refractivity contribution is -0.141. The third-order valence-electron chi connectivity index (χ3n) is 3.22. The highest BCUT2D eigenvalue weighted by Crippen LogP contribution is 2.15. The van der Waals surface area contributed by atoms with Gasteiger partial charge in [0.05, 0.1) is 6.07 Å². The van der Waals surface area contributed by atoms with Crippen LogP contribution in [-0.4, -0.2) is 24.0 Å². The van der Waals surface area contributed by atoms with Crippen molar-refractivity contribution in [3.63, 3.8) is 0 Å². The number of carbonyl (C=O) groups excluding carboxylic acids is 2. The molecule has 1 unspecified atom stereocenters. The van der Waals surface area contributed by atoms with Gasteiger partial charge in [-0.3, -0.25) is 4.79 Å². The zero-order valence-corrected chi connectivity index (χ0v) is 11.8. The van der Waals surface area contributed by atoms with Crippen molar-refractivity contribution in [3.05, 3.63) is 47.6 Å². The van der Waals surface area contributed by atoms with Crippen molar-refractivity contribution in [1.29, 1.82) is 5.26 Å². The Morgan fingerprint density at radius 3 is 2.43 bits per heavy atom. The Labute approximate surface area is 123 Å². The fourth-order valence-corrected chi connectivity index (χ4v) is 1.94. The van der Waals surface area contributed by atoms with Gasteiger partial charge in [0.2, 0.25) is 5.91 Å². The van der Waals surface area contributed by atoms with E-state index in [9.17, 15) is 14.9 Å². The molecule has 0 spiro atoms. The second-order valence-corrected chi connectivity index (χ2v) is 5.12. The highest BCUT2D eigenvalue weighted by Gasteiger charge is 2.30. The van der Waals surface area contributed by atoms with Gasteiger partial charge < -0.3 is 10.1 Å². The number of hydrogen-bond donors (Lipinski definition) is 1. The minimum atomic E-state index is -1.25. The molecule has 0 fully saturated rings. The van der Waals surface area contributed by atoms with Gasteiger partial charge in [0.1, 0.15) is 6.61 Å². The molecule has 2 aliphatic carbocycles. The third kappa shape index (κ3) is 3.69. The molecule has 0 heterocycles. The number of carbonyl (C=O) groups is 2. The zero-order chi connectivity index (χ0) is 15.3. The summed E-state index contributed by atoms with van der Waals surface area (Å²) in [6, 6.07) is 1.99. The summed E-state index contributed by atoms with van der Waals surface area (Å²) in [5.41, 5.74) is -0.113. The number of esters is 1. The second kappa shape index (κ2) is 6.23. The highest BCUT2D eigenvalue weighted by atomic mass is 16.5. The van der Waals surface area contributed by atoms with Crippen LogP contribution in [0.5, 0.6) is 0 Å². The molecule has 1 amide bonds. The van der Waals surface area contributed by atoms with Crippen molar-refractivity contribution in [2.24, 2.45) is 0 Å². The summed E-state index contributed by atoms with van der Waals surface area (Å²) < 4.78 is 5.13. The first-order chi connectivity index (χ1) is 10.0. The molecule has 2 rings (SSSR count). The molecule has 0 radical (unpaired) electrons. The van der Waals surface area contributed by atoms with E-state index >= 15 is 0 Å². The SMILES string of the molecule is CC(C#N)(COC(=O)C1=CC=CC1)NC(=O)C1=CC=CC1. The number of amides is 1. The van der Waals surface area contributed by atoms with Gasteiger partial charge in [0, 0.05) is 11.1 Å². The molecule has 21 heavy (non-hydrogen) atoms. The second-order valence-electron chi connectivity index (χ2n) is 5.12. The number of nitrogens with zero attached hydrogens (tertiary/aromatic N) is 1. The number of ether oxygens (including phenoxy) is 1. The van der Waals surface area contributed by atoms with E-state index in [0.29, 0.717) is 24.0 Å². The number of allylic oxidation sites excluding steroid dienone is 6. The first-order valence-corrected chi connectivity index (χ1v) is 6.66. The maximum absolute atomic E-state index is 12.0. The summed E-state index contributed by atoms with van der Waals surface area (Å²) in [4.78, 5) is 23.8. The lowest BCUT2D eigenvalue weighted by atomic mass is 10.0. The monoisotopic (exact) mass is 284 g/mol. The molecule has 0 bridgehead atoms. The van der Waals surface area contributed by atoms with Gasteiger partial charge in [-0.15, -0.1) is 0 Å². The van der Waals surface area contributed by atoms with Crippen LogP contribution in [0.4, 0.5) is 0 Å². The zero-order valence-electron chi connectivity index (χ0n) is 11.8. The Morgan fingerprint density at radius 2 is 1.90 bits per heavy atom. The molecule has 0 aromatic rings. The molecule has 0 saturated carbocycles. The van der Waals surface area contributed by atoms with E-state index in [4.69, 9.17) is 4.74 Å². The highest BCUT2D eigenvalue weighted by molar-refractivity contribution is 5.95. The van der Waals surface area contributed by atoms with Crippen molar-refractivity contribution in [2.75, 3.05) is 6.61 Å². The van der Waals surface area contributed by atoms with Crippen LogP contribution in [0.25, 0.3) is 0 Å². The summed E-state index contributed by atoms with van der Waals surface area (Å²) in [6.45, 7) is 1.34. The lowest BCUT2D eigenvalue weighted by Crippen LogP contribution is -2.49. The number of hydrogen-bond acceptors (Lipinski definition) is 4. The maximum atomic E-state index is 12.0. The molecule has 0 aliphatic heterocycles. The van der Waals surface area contributed by atoms with Crippen molar-refractivity contribution in [2.45, 2.75) is 25.3 Å². The minimum absolute atomic E-state index is 0.188. The molecule has 0 aromatic carbocycles. The standard InChI is InChI=1S/C16H16N2O3/c1-16(10-17,18-14(19)12-6-2-3-7-12)11-21-15(20)13-8-4-5-9-13/h2-6,8H,7,9,11H2,1H3,(H,18,19). The van der Waals surface area contributed by atoms with E-state index in [1.165, 1.54) is 6.92 Å². The Balaban J connectivity index is 1.90. The van der Waals surface area contributed by atoms with Crippen LogP contribution in [0.2, 0.25) is 0 Å². The smallest absolute Gasteiger partial charge is 0.334 e. The molecule has 0 aromatic heterocycles. The van der Waals surface area contributed by atoms with E-state index in [2.05, 4.69) is 5.32 Å². The Morgan fingerprint density at radius 1 is 1.29 bits per heavy atom. The Hall–Kier alpha value is -2.61. The van der Waals surface area contributed by atoms with E-state index in [1.807, 2.05) is 18.2 Å². The molecule has 1 atom stereocenters. The summed E-state index contributed by atoms with van der Waals surface area (Å²) in [7, 11) is 0. The average Bonchev–Trinajstić information content (AvgIpc) is 3.16. The molecule has 0 saturated heterocycles. The average molecular weight is 284 g/mol. The fraction of sp³-hybridized carbons (Fsp3) is 0.312. The summed E-state index contributed by atoms with van der Waals surface area (Å²) in [5, 5.41) is 11.8. The number of nitriles is 1.